The van der Waals surface area contributed by atoms with E-state index in [4.69, 9.17) is 21.1 Å². The van der Waals surface area contributed by atoms with Crippen molar-refractivity contribution < 1.29 is 29.0 Å². The number of benzene rings is 1. The number of fused-ring (bicyclic) bond motifs is 1. The van der Waals surface area contributed by atoms with Gasteiger partial charge in [0.15, 0.2) is 0 Å². The third-order valence-corrected chi connectivity index (χ3v) is 8.17. The summed E-state index contributed by atoms with van der Waals surface area (Å²) in [6.07, 6.45) is 3.82. The number of aliphatic hydroxyl groups excluding tert-OH is 1. The summed E-state index contributed by atoms with van der Waals surface area (Å²) in [6.45, 7) is 11.5. The number of nitrogens with zero attached hydrogens (tertiary/aromatic N) is 2. The van der Waals surface area contributed by atoms with E-state index >= 15 is 0 Å². The van der Waals surface area contributed by atoms with Crippen LogP contribution in [0.2, 0.25) is 5.02 Å². The number of anilines is 1. The van der Waals surface area contributed by atoms with Gasteiger partial charge in [0.2, 0.25) is 5.91 Å². The molecule has 3 heterocycles. The summed E-state index contributed by atoms with van der Waals surface area (Å²) in [5.41, 5.74) is -1.54. The Kier molecular flexibility index (Phi) is 7.33. The molecule has 8 nitrogen and oxygen atoms in total. The Morgan fingerprint density at radius 2 is 2.00 bits per heavy atom. The van der Waals surface area contributed by atoms with Gasteiger partial charge in [0, 0.05) is 30.4 Å². The molecule has 3 saturated heterocycles. The van der Waals surface area contributed by atoms with E-state index in [9.17, 15) is 19.5 Å². The Hall–Kier alpha value is -2.68. The number of carbonyl (C=O) groups excluding carboxylic acids is 3. The lowest BCUT2D eigenvalue weighted by molar-refractivity contribution is -0.160. The predicted molar refractivity (Wildman–Crippen MR) is 135 cm³/mol. The molecular weight excluding hydrogens is 484 g/mol. The van der Waals surface area contributed by atoms with Crippen LogP contribution in [0.15, 0.2) is 49.6 Å². The fourth-order valence-electron chi connectivity index (χ4n) is 6.31. The summed E-state index contributed by atoms with van der Waals surface area (Å²) in [5.74, 6) is -3.00. The maximum Gasteiger partial charge on any atom is 0.313 e. The van der Waals surface area contributed by atoms with Crippen LogP contribution < -0.4 is 4.90 Å². The number of likely N-dealkylation sites (tertiary alicyclic amines) is 1. The Morgan fingerprint density at radius 1 is 1.31 bits per heavy atom. The minimum absolute atomic E-state index is 0.0218. The van der Waals surface area contributed by atoms with Gasteiger partial charge in [-0.05, 0) is 49.9 Å². The predicted octanol–water partition coefficient (Wildman–Crippen LogP) is 2.98. The first kappa shape index (κ1) is 26.4. The zero-order valence-corrected chi connectivity index (χ0v) is 21.4. The van der Waals surface area contributed by atoms with E-state index in [0.29, 0.717) is 23.6 Å². The van der Waals surface area contributed by atoms with E-state index < -0.39 is 35.0 Å². The molecule has 0 saturated carbocycles. The molecule has 3 unspecified atom stereocenters. The molecule has 1 N–H and O–H groups in total. The first-order chi connectivity index (χ1) is 17.2. The first-order valence-electron chi connectivity index (χ1n) is 12.2. The van der Waals surface area contributed by atoms with Crippen LogP contribution in [-0.2, 0) is 23.9 Å². The Balaban J connectivity index is 1.80. The maximum atomic E-state index is 14.3. The van der Waals surface area contributed by atoms with E-state index in [1.54, 1.807) is 35.2 Å². The summed E-state index contributed by atoms with van der Waals surface area (Å²) in [4.78, 5) is 44.5. The van der Waals surface area contributed by atoms with Gasteiger partial charge in [-0.15, -0.1) is 6.58 Å². The van der Waals surface area contributed by atoms with Gasteiger partial charge >= 0.3 is 5.97 Å². The second-order valence-corrected chi connectivity index (χ2v) is 10.4. The molecule has 3 aliphatic rings. The highest BCUT2D eigenvalue weighted by atomic mass is 35.5. The lowest BCUT2D eigenvalue weighted by atomic mass is 9.62. The minimum Gasteiger partial charge on any atom is -0.461 e. The standard InChI is InChI=1S/C27H33ClN2O6/c1-5-12-29(19-10-8-18(28)9-11-19)24(33)22-27-16-17(3)26(4,36-27)21(25(34)35-15-6-2)20(27)23(32)30(22)13-7-14-31/h5-6,8-11,17,20-22,31H,1-2,7,12-16H2,3-4H3/t17?,20-,21+,22?,26-,27?/m0/s1. The lowest BCUT2D eigenvalue weighted by Gasteiger charge is -2.37. The number of amides is 2. The van der Waals surface area contributed by atoms with E-state index in [-0.39, 0.29) is 44.0 Å². The molecule has 36 heavy (non-hydrogen) atoms. The van der Waals surface area contributed by atoms with E-state index in [1.807, 2.05) is 13.8 Å². The largest absolute Gasteiger partial charge is 0.461 e. The van der Waals surface area contributed by atoms with E-state index in [0.717, 1.165) is 0 Å². The highest BCUT2D eigenvalue weighted by Crippen LogP contribution is 2.65. The monoisotopic (exact) mass is 516 g/mol. The van der Waals surface area contributed by atoms with Crippen LogP contribution in [-0.4, -0.2) is 71.3 Å². The molecule has 6 atom stereocenters. The number of hydrogen-bond donors (Lipinski definition) is 1. The van der Waals surface area contributed by atoms with Gasteiger partial charge in [-0.2, -0.15) is 0 Å². The molecule has 4 rings (SSSR count). The second kappa shape index (κ2) is 10.00. The molecule has 1 aromatic carbocycles. The summed E-state index contributed by atoms with van der Waals surface area (Å²) in [6, 6.07) is 5.88. The number of aliphatic hydroxyl groups is 1. The molecule has 9 heteroatoms. The third-order valence-electron chi connectivity index (χ3n) is 7.92. The van der Waals surface area contributed by atoms with Gasteiger partial charge in [-0.3, -0.25) is 14.4 Å². The minimum atomic E-state index is -1.19. The van der Waals surface area contributed by atoms with Crippen molar-refractivity contribution in [1.29, 1.82) is 0 Å². The Morgan fingerprint density at radius 3 is 2.61 bits per heavy atom. The quantitative estimate of drug-likeness (QED) is 0.379. The van der Waals surface area contributed by atoms with Crippen molar-refractivity contribution in [2.75, 3.05) is 31.2 Å². The van der Waals surface area contributed by atoms with Crippen molar-refractivity contribution in [2.45, 2.75) is 43.9 Å². The first-order valence-corrected chi connectivity index (χ1v) is 12.6. The Bertz CT molecular complexity index is 1060. The van der Waals surface area contributed by atoms with Crippen LogP contribution in [0.4, 0.5) is 5.69 Å². The Labute approximate surface area is 216 Å². The molecule has 0 aliphatic carbocycles. The molecule has 194 valence electrons. The molecule has 3 aliphatic heterocycles. The van der Waals surface area contributed by atoms with Gasteiger partial charge in [-0.25, -0.2) is 0 Å². The van der Waals surface area contributed by atoms with Gasteiger partial charge < -0.3 is 24.4 Å². The van der Waals surface area contributed by atoms with Gasteiger partial charge in [0.05, 0.1) is 11.5 Å². The van der Waals surface area contributed by atoms with Crippen molar-refractivity contribution in [2.24, 2.45) is 17.8 Å². The van der Waals surface area contributed by atoms with Crippen LogP contribution in [0.1, 0.15) is 26.7 Å². The van der Waals surface area contributed by atoms with Crippen molar-refractivity contribution >= 4 is 35.1 Å². The van der Waals surface area contributed by atoms with Crippen LogP contribution in [0.3, 0.4) is 0 Å². The molecule has 1 aromatic rings. The molecule has 2 bridgehead atoms. The average Bonchev–Trinajstić information content (AvgIpc) is 3.36. The summed E-state index contributed by atoms with van der Waals surface area (Å²) >= 11 is 6.07. The molecule has 0 aromatic heterocycles. The highest BCUT2D eigenvalue weighted by Gasteiger charge is 2.80. The number of carbonyl (C=O) groups is 3. The van der Waals surface area contributed by atoms with E-state index in [2.05, 4.69) is 13.2 Å². The molecule has 3 fully saturated rings. The summed E-state index contributed by atoms with van der Waals surface area (Å²) in [7, 11) is 0. The molecule has 2 amide bonds. The third kappa shape index (κ3) is 3.96. The smallest absolute Gasteiger partial charge is 0.313 e. The zero-order valence-electron chi connectivity index (χ0n) is 20.7. The summed E-state index contributed by atoms with van der Waals surface area (Å²) in [5, 5.41) is 10.0. The SMILES string of the molecule is C=CCOC(=O)[C@H]1[C@H]2C(=O)N(CCCO)C(C(=O)N(CC=C)c3ccc(Cl)cc3)C23CC(C)[C@]1(C)O3. The fraction of sp³-hybridized carbons (Fsp3) is 0.519. The van der Waals surface area contributed by atoms with Crippen LogP contribution in [0.25, 0.3) is 0 Å². The number of rotatable bonds is 10. The van der Waals surface area contributed by atoms with Crippen molar-refractivity contribution in [3.63, 3.8) is 0 Å². The molecular formula is C27H33ClN2O6. The zero-order chi connectivity index (χ0) is 26.3. The van der Waals surface area contributed by atoms with Crippen LogP contribution >= 0.6 is 11.6 Å². The van der Waals surface area contributed by atoms with Crippen LogP contribution in [0, 0.1) is 17.8 Å². The van der Waals surface area contributed by atoms with E-state index in [1.165, 1.54) is 11.0 Å². The summed E-state index contributed by atoms with van der Waals surface area (Å²) < 4.78 is 12.1. The number of halogens is 1. The fourth-order valence-corrected chi connectivity index (χ4v) is 6.44. The number of esters is 1. The van der Waals surface area contributed by atoms with Gasteiger partial charge in [-0.1, -0.05) is 37.3 Å². The normalized spacial score (nSPS) is 32.3. The average molecular weight is 517 g/mol. The number of hydrogen-bond acceptors (Lipinski definition) is 6. The number of ether oxygens (including phenoxy) is 2. The molecule has 1 spiro atoms. The topological polar surface area (TPSA) is 96.4 Å². The highest BCUT2D eigenvalue weighted by molar-refractivity contribution is 6.30. The molecule has 0 radical (unpaired) electrons. The van der Waals surface area contributed by atoms with Crippen molar-refractivity contribution in [3.8, 4) is 0 Å². The van der Waals surface area contributed by atoms with Crippen LogP contribution in [0.5, 0.6) is 0 Å². The van der Waals surface area contributed by atoms with Gasteiger partial charge in [0.1, 0.15) is 24.2 Å². The lowest BCUT2D eigenvalue weighted by Crippen LogP contribution is -2.57. The van der Waals surface area contributed by atoms with Crippen molar-refractivity contribution in [3.05, 3.63) is 54.6 Å². The maximum absolute atomic E-state index is 14.3. The van der Waals surface area contributed by atoms with Gasteiger partial charge in [0.25, 0.3) is 5.91 Å². The van der Waals surface area contributed by atoms with Crippen molar-refractivity contribution in [1.82, 2.24) is 4.90 Å². The second-order valence-electron chi connectivity index (χ2n) is 9.95.